The van der Waals surface area contributed by atoms with Crippen molar-refractivity contribution < 1.29 is 23.2 Å². The summed E-state index contributed by atoms with van der Waals surface area (Å²) >= 11 is 5.82. The number of rotatable bonds is 4. The third kappa shape index (κ3) is 2.85. The summed E-state index contributed by atoms with van der Waals surface area (Å²) in [5.74, 6) is -1.25. The zero-order valence-corrected chi connectivity index (χ0v) is 12.2. The summed E-state index contributed by atoms with van der Waals surface area (Å²) in [6.45, 7) is 0.0400. The molecule has 1 saturated heterocycles. The molecule has 1 aromatic carbocycles. The minimum atomic E-state index is -4.20. The van der Waals surface area contributed by atoms with Crippen LogP contribution in [0.2, 0.25) is 5.02 Å². The van der Waals surface area contributed by atoms with Crippen LogP contribution in [0.5, 0.6) is 0 Å². The maximum absolute atomic E-state index is 12.5. The van der Waals surface area contributed by atoms with Crippen molar-refractivity contribution in [3.8, 4) is 0 Å². The van der Waals surface area contributed by atoms with Crippen molar-refractivity contribution >= 4 is 33.3 Å². The van der Waals surface area contributed by atoms with Crippen LogP contribution in [0.1, 0.15) is 12.8 Å². The van der Waals surface area contributed by atoms with Crippen LogP contribution in [-0.2, 0) is 14.8 Å². The minimum absolute atomic E-state index is 0.0400. The first-order valence-electron chi connectivity index (χ1n) is 5.93. The molecule has 2 rings (SSSR count). The second-order valence-corrected chi connectivity index (χ2v) is 6.75. The van der Waals surface area contributed by atoms with Crippen molar-refractivity contribution in [2.45, 2.75) is 23.8 Å². The van der Waals surface area contributed by atoms with E-state index in [9.17, 15) is 23.3 Å². The molecule has 0 spiro atoms. The van der Waals surface area contributed by atoms with E-state index in [1.54, 1.807) is 0 Å². The van der Waals surface area contributed by atoms with Gasteiger partial charge in [-0.15, -0.1) is 0 Å². The smallest absolute Gasteiger partial charge is 0.322 e. The molecule has 0 aromatic heterocycles. The Kier molecular flexibility index (Phi) is 4.17. The topological polar surface area (TPSA) is 118 Å². The molecule has 0 bridgehead atoms. The quantitative estimate of drug-likeness (QED) is 0.658. The summed E-state index contributed by atoms with van der Waals surface area (Å²) in [6, 6.07) is 1.86. The van der Waals surface area contributed by atoms with E-state index in [0.717, 1.165) is 22.5 Å². The lowest BCUT2D eigenvalue weighted by molar-refractivity contribution is -0.385. The van der Waals surface area contributed by atoms with Crippen LogP contribution in [0.3, 0.4) is 0 Å². The monoisotopic (exact) mass is 334 g/mol. The van der Waals surface area contributed by atoms with E-state index >= 15 is 0 Å². The van der Waals surface area contributed by atoms with Crippen molar-refractivity contribution in [3.63, 3.8) is 0 Å². The summed E-state index contributed by atoms with van der Waals surface area (Å²) in [7, 11) is -4.20. The first-order valence-corrected chi connectivity index (χ1v) is 7.75. The summed E-state index contributed by atoms with van der Waals surface area (Å²) in [6.07, 6.45) is 0.601. The largest absolute Gasteiger partial charge is 0.480 e. The third-order valence-corrected chi connectivity index (χ3v) is 5.59. The lowest BCUT2D eigenvalue weighted by Gasteiger charge is -2.21. The highest BCUT2D eigenvalue weighted by Gasteiger charge is 2.40. The van der Waals surface area contributed by atoms with Crippen LogP contribution in [0.4, 0.5) is 5.69 Å². The maximum atomic E-state index is 12.5. The van der Waals surface area contributed by atoms with Crippen LogP contribution in [0, 0.1) is 10.1 Å². The first-order chi connectivity index (χ1) is 9.75. The number of hydrogen-bond acceptors (Lipinski definition) is 5. The minimum Gasteiger partial charge on any atom is -0.480 e. The van der Waals surface area contributed by atoms with Crippen LogP contribution in [-0.4, -0.2) is 41.3 Å². The van der Waals surface area contributed by atoms with Gasteiger partial charge in [0.05, 0.1) is 9.95 Å². The molecule has 0 unspecified atom stereocenters. The first kappa shape index (κ1) is 15.7. The van der Waals surface area contributed by atoms with Crippen molar-refractivity contribution in [3.05, 3.63) is 33.3 Å². The number of nitrogens with zero attached hydrogens (tertiary/aromatic N) is 2. The highest BCUT2D eigenvalue weighted by molar-refractivity contribution is 7.89. The molecule has 0 amide bonds. The zero-order chi connectivity index (χ0) is 15.8. The van der Waals surface area contributed by atoms with Crippen molar-refractivity contribution in [2.75, 3.05) is 6.54 Å². The number of nitro groups is 1. The number of nitro benzene ring substituents is 1. The Balaban J connectivity index is 2.51. The molecule has 1 N–H and O–H groups in total. The van der Waals surface area contributed by atoms with Crippen LogP contribution in [0.25, 0.3) is 0 Å². The highest BCUT2D eigenvalue weighted by Crippen LogP contribution is 2.32. The van der Waals surface area contributed by atoms with E-state index in [0.29, 0.717) is 6.42 Å². The number of benzene rings is 1. The second kappa shape index (κ2) is 5.58. The lowest BCUT2D eigenvalue weighted by atomic mass is 10.2. The Morgan fingerprint density at radius 3 is 2.71 bits per heavy atom. The maximum Gasteiger partial charge on any atom is 0.322 e. The predicted molar refractivity (Wildman–Crippen MR) is 72.7 cm³/mol. The number of carbonyl (C=O) groups is 1. The van der Waals surface area contributed by atoms with E-state index < -0.39 is 37.5 Å². The Morgan fingerprint density at radius 2 is 2.14 bits per heavy atom. The van der Waals surface area contributed by atoms with Gasteiger partial charge in [0, 0.05) is 18.7 Å². The SMILES string of the molecule is O=C(O)[C@@H]1CCCN1S(=O)(=O)c1cc([N+](=O)[O-])ccc1Cl. The molecule has 1 atom stereocenters. The summed E-state index contributed by atoms with van der Waals surface area (Å²) in [5.41, 5.74) is -0.427. The molecule has 0 aliphatic carbocycles. The number of hydrogen-bond donors (Lipinski definition) is 1. The van der Waals surface area contributed by atoms with Gasteiger partial charge in [0.15, 0.2) is 0 Å². The van der Waals surface area contributed by atoms with Gasteiger partial charge in [-0.1, -0.05) is 11.6 Å². The van der Waals surface area contributed by atoms with Gasteiger partial charge in [-0.25, -0.2) is 8.42 Å². The number of non-ortho nitro benzene ring substituents is 1. The molecule has 0 radical (unpaired) electrons. The molecule has 1 fully saturated rings. The van der Waals surface area contributed by atoms with Gasteiger partial charge in [0.25, 0.3) is 5.69 Å². The Morgan fingerprint density at radius 1 is 1.48 bits per heavy atom. The fourth-order valence-electron chi connectivity index (χ4n) is 2.20. The average Bonchev–Trinajstić information content (AvgIpc) is 2.88. The molecule has 21 heavy (non-hydrogen) atoms. The molecule has 1 aromatic rings. The molecule has 10 heteroatoms. The molecule has 1 aliphatic heterocycles. The summed E-state index contributed by atoms with van der Waals surface area (Å²) in [5, 5.41) is 19.6. The molecular formula is C11H11ClN2O6S. The van der Waals surface area contributed by atoms with E-state index in [4.69, 9.17) is 16.7 Å². The number of carboxylic acid groups (broad SMARTS) is 1. The molecular weight excluding hydrogens is 324 g/mol. The van der Waals surface area contributed by atoms with Crippen molar-refractivity contribution in [1.82, 2.24) is 4.31 Å². The van der Waals surface area contributed by atoms with Gasteiger partial charge in [-0.05, 0) is 18.9 Å². The standard InChI is InChI=1S/C11H11ClN2O6S/c12-8-4-3-7(14(17)18)6-10(8)21(19,20)13-5-1-2-9(13)11(15)16/h3-4,6,9H,1-2,5H2,(H,15,16)/t9-/m0/s1. The number of halogens is 1. The van der Waals surface area contributed by atoms with Crippen LogP contribution < -0.4 is 0 Å². The third-order valence-electron chi connectivity index (χ3n) is 3.20. The van der Waals surface area contributed by atoms with Gasteiger partial charge in [0.1, 0.15) is 10.9 Å². The Hall–Kier alpha value is -1.71. The predicted octanol–water partition coefficient (Wildman–Crippen LogP) is 1.49. The second-order valence-electron chi connectivity index (χ2n) is 4.48. The van der Waals surface area contributed by atoms with Crippen LogP contribution >= 0.6 is 11.6 Å². The highest BCUT2D eigenvalue weighted by atomic mass is 35.5. The van der Waals surface area contributed by atoms with Gasteiger partial charge >= 0.3 is 5.97 Å². The zero-order valence-electron chi connectivity index (χ0n) is 10.6. The molecule has 8 nitrogen and oxygen atoms in total. The molecule has 1 aliphatic rings. The van der Waals surface area contributed by atoms with E-state index in [2.05, 4.69) is 0 Å². The summed E-state index contributed by atoms with van der Waals surface area (Å²) in [4.78, 5) is 20.7. The fourth-order valence-corrected chi connectivity index (χ4v) is 4.35. The Bertz CT molecular complexity index is 705. The number of sulfonamides is 1. The molecule has 114 valence electrons. The Labute approximate surface area is 125 Å². The van der Waals surface area contributed by atoms with Crippen LogP contribution in [0.15, 0.2) is 23.1 Å². The van der Waals surface area contributed by atoms with Gasteiger partial charge in [-0.2, -0.15) is 4.31 Å². The number of aliphatic carboxylic acids is 1. The lowest BCUT2D eigenvalue weighted by Crippen LogP contribution is -2.40. The molecule has 0 saturated carbocycles. The van der Waals surface area contributed by atoms with Crippen molar-refractivity contribution in [2.24, 2.45) is 0 Å². The van der Waals surface area contributed by atoms with E-state index in [1.165, 1.54) is 0 Å². The van der Waals surface area contributed by atoms with Gasteiger partial charge in [-0.3, -0.25) is 14.9 Å². The average molecular weight is 335 g/mol. The van der Waals surface area contributed by atoms with E-state index in [-0.39, 0.29) is 18.0 Å². The summed E-state index contributed by atoms with van der Waals surface area (Å²) < 4.78 is 25.8. The van der Waals surface area contributed by atoms with Gasteiger partial charge in [0.2, 0.25) is 10.0 Å². The fraction of sp³-hybridized carbons (Fsp3) is 0.364. The number of carboxylic acids is 1. The van der Waals surface area contributed by atoms with Gasteiger partial charge < -0.3 is 5.11 Å². The molecule has 1 heterocycles. The normalized spacial score (nSPS) is 19.6. The van der Waals surface area contributed by atoms with Crippen molar-refractivity contribution in [1.29, 1.82) is 0 Å². The van der Waals surface area contributed by atoms with E-state index in [1.807, 2.05) is 0 Å².